The fraction of sp³-hybridized carbons (Fsp3) is 0.267. The maximum absolute atomic E-state index is 13.6. The predicted octanol–water partition coefficient (Wildman–Crippen LogP) is 4.48. The third-order valence-corrected chi connectivity index (χ3v) is 7.05. The highest BCUT2D eigenvalue weighted by Gasteiger charge is 2.47. The van der Waals surface area contributed by atoms with Crippen LogP contribution in [0.3, 0.4) is 0 Å². The highest BCUT2D eigenvalue weighted by molar-refractivity contribution is 6.51. The number of amides is 1. The number of aryl methyl sites for hydroxylation is 1. The number of aliphatic hydroxyl groups is 1. The van der Waals surface area contributed by atoms with E-state index in [0.717, 1.165) is 11.3 Å². The minimum Gasteiger partial charge on any atom is -0.507 e. The Morgan fingerprint density at radius 3 is 2.33 bits per heavy atom. The van der Waals surface area contributed by atoms with Crippen molar-refractivity contribution in [1.29, 1.82) is 0 Å². The van der Waals surface area contributed by atoms with Crippen molar-refractivity contribution in [3.63, 3.8) is 0 Å². The molecule has 1 unspecified atom stereocenters. The number of carbonyl (C=O) groups is 2. The van der Waals surface area contributed by atoms with E-state index in [-0.39, 0.29) is 11.3 Å². The number of rotatable bonds is 6. The van der Waals surface area contributed by atoms with E-state index in [0.29, 0.717) is 53.0 Å². The SMILES string of the molecule is COc1cc(C2/C(=C(\O)c3ccc4c(c3)N(C)CCO4)C(=O)C(=O)N2c2cccc(C)c2)cc(OC)c1OC. The molecule has 9 heteroatoms. The molecule has 1 N–H and O–H groups in total. The summed E-state index contributed by atoms with van der Waals surface area (Å²) in [6, 6.07) is 14.9. The van der Waals surface area contributed by atoms with Gasteiger partial charge in [-0.2, -0.15) is 0 Å². The molecule has 1 fully saturated rings. The minimum absolute atomic E-state index is 0.0462. The maximum atomic E-state index is 13.6. The number of Topliss-reactive ketones (excluding diaryl/α,β-unsaturated/α-hetero) is 1. The van der Waals surface area contributed by atoms with Crippen LogP contribution in [0, 0.1) is 6.92 Å². The van der Waals surface area contributed by atoms with Crippen molar-refractivity contribution in [3.05, 3.63) is 76.9 Å². The predicted molar refractivity (Wildman–Crippen MR) is 147 cm³/mol. The van der Waals surface area contributed by atoms with Gasteiger partial charge in [-0.25, -0.2) is 0 Å². The molecule has 0 radical (unpaired) electrons. The van der Waals surface area contributed by atoms with Gasteiger partial charge < -0.3 is 29.0 Å². The van der Waals surface area contributed by atoms with E-state index < -0.39 is 17.7 Å². The van der Waals surface area contributed by atoms with Gasteiger partial charge in [-0.1, -0.05) is 12.1 Å². The van der Waals surface area contributed by atoms with Crippen molar-refractivity contribution in [1.82, 2.24) is 0 Å². The Kier molecular flexibility index (Phi) is 6.82. The van der Waals surface area contributed by atoms with Crippen LogP contribution in [0.5, 0.6) is 23.0 Å². The fourth-order valence-corrected chi connectivity index (χ4v) is 5.10. The summed E-state index contributed by atoms with van der Waals surface area (Å²) in [5, 5.41) is 11.6. The Hall–Kier alpha value is -4.66. The summed E-state index contributed by atoms with van der Waals surface area (Å²) in [7, 11) is 6.40. The molecule has 0 spiro atoms. The summed E-state index contributed by atoms with van der Waals surface area (Å²) in [4.78, 5) is 30.6. The summed E-state index contributed by atoms with van der Waals surface area (Å²) in [5.74, 6) is -0.0717. The molecule has 1 saturated heterocycles. The average molecular weight is 531 g/mol. The zero-order valence-corrected chi connectivity index (χ0v) is 22.5. The summed E-state index contributed by atoms with van der Waals surface area (Å²) < 4.78 is 22.3. The number of benzene rings is 3. The van der Waals surface area contributed by atoms with Crippen LogP contribution >= 0.6 is 0 Å². The Morgan fingerprint density at radius 2 is 1.69 bits per heavy atom. The largest absolute Gasteiger partial charge is 0.507 e. The first-order chi connectivity index (χ1) is 18.8. The van der Waals surface area contributed by atoms with Gasteiger partial charge in [0.15, 0.2) is 11.5 Å². The lowest BCUT2D eigenvalue weighted by atomic mass is 9.94. The van der Waals surface area contributed by atoms with E-state index in [9.17, 15) is 14.7 Å². The molecule has 202 valence electrons. The normalized spacial score (nSPS) is 18.0. The number of ketones is 1. The van der Waals surface area contributed by atoms with Gasteiger partial charge in [-0.15, -0.1) is 0 Å². The van der Waals surface area contributed by atoms with Gasteiger partial charge in [-0.3, -0.25) is 14.5 Å². The summed E-state index contributed by atoms with van der Waals surface area (Å²) >= 11 is 0. The number of nitrogens with zero attached hydrogens (tertiary/aromatic N) is 2. The lowest BCUT2D eigenvalue weighted by Gasteiger charge is -2.28. The quantitative estimate of drug-likeness (QED) is 0.283. The molecule has 0 saturated carbocycles. The zero-order chi connectivity index (χ0) is 27.8. The van der Waals surface area contributed by atoms with Crippen molar-refractivity contribution >= 4 is 28.8 Å². The van der Waals surface area contributed by atoms with Crippen LogP contribution in [0.4, 0.5) is 11.4 Å². The molecule has 2 aliphatic heterocycles. The number of methoxy groups -OCH3 is 3. The van der Waals surface area contributed by atoms with Crippen LogP contribution < -0.4 is 28.7 Å². The number of ether oxygens (including phenoxy) is 4. The average Bonchev–Trinajstić information content (AvgIpc) is 3.21. The summed E-state index contributed by atoms with van der Waals surface area (Å²) in [6.07, 6.45) is 0. The molecule has 3 aromatic rings. The van der Waals surface area contributed by atoms with Crippen molar-refractivity contribution in [2.75, 3.05) is 51.3 Å². The van der Waals surface area contributed by atoms with Crippen LogP contribution in [0.1, 0.15) is 22.7 Å². The van der Waals surface area contributed by atoms with Gasteiger partial charge in [0.1, 0.15) is 18.1 Å². The van der Waals surface area contributed by atoms with Gasteiger partial charge in [0.2, 0.25) is 5.75 Å². The number of carbonyl (C=O) groups excluding carboxylic acids is 2. The third kappa shape index (κ3) is 4.39. The van der Waals surface area contributed by atoms with Gasteiger partial charge in [-0.05, 0) is 60.5 Å². The molecule has 0 aliphatic carbocycles. The van der Waals surface area contributed by atoms with Crippen molar-refractivity contribution < 1.29 is 33.6 Å². The Labute approximate surface area is 226 Å². The minimum atomic E-state index is -0.967. The number of aliphatic hydroxyl groups excluding tert-OH is 1. The van der Waals surface area contributed by atoms with E-state index in [1.54, 1.807) is 36.4 Å². The number of hydrogen-bond donors (Lipinski definition) is 1. The van der Waals surface area contributed by atoms with Gasteiger partial charge in [0.25, 0.3) is 11.7 Å². The third-order valence-electron chi connectivity index (χ3n) is 7.05. The van der Waals surface area contributed by atoms with E-state index in [2.05, 4.69) is 0 Å². The molecule has 0 aromatic heterocycles. The monoisotopic (exact) mass is 530 g/mol. The molecular weight excluding hydrogens is 500 g/mol. The topological polar surface area (TPSA) is 97.8 Å². The van der Waals surface area contributed by atoms with Crippen LogP contribution in [0.15, 0.2) is 60.2 Å². The number of likely N-dealkylation sites (N-methyl/N-ethyl adjacent to an activating group) is 1. The number of fused-ring (bicyclic) bond motifs is 1. The van der Waals surface area contributed by atoms with E-state index in [4.69, 9.17) is 18.9 Å². The molecule has 2 aliphatic rings. The molecule has 2 heterocycles. The first kappa shape index (κ1) is 26.0. The standard InChI is InChI=1S/C30H30N2O7/c1-17-7-6-8-20(13-17)32-26(19-15-23(36-3)29(38-5)24(16-19)37-4)25(28(34)30(32)35)27(33)18-9-10-22-21(14-18)31(2)11-12-39-22/h6-10,13-16,26,33H,11-12H2,1-5H3/b27-25+. The highest BCUT2D eigenvalue weighted by atomic mass is 16.5. The van der Waals surface area contributed by atoms with E-state index in [1.807, 2.05) is 37.1 Å². The highest BCUT2D eigenvalue weighted by Crippen LogP contribution is 2.47. The lowest BCUT2D eigenvalue weighted by Crippen LogP contribution is -2.29. The van der Waals surface area contributed by atoms with E-state index >= 15 is 0 Å². The second-order valence-electron chi connectivity index (χ2n) is 9.42. The molecule has 0 bridgehead atoms. The molecule has 5 rings (SSSR count). The smallest absolute Gasteiger partial charge is 0.300 e. The molecule has 1 amide bonds. The van der Waals surface area contributed by atoms with Crippen molar-refractivity contribution in [2.24, 2.45) is 0 Å². The van der Waals surface area contributed by atoms with Crippen LogP contribution in [-0.2, 0) is 9.59 Å². The Morgan fingerprint density at radius 1 is 0.974 bits per heavy atom. The molecule has 39 heavy (non-hydrogen) atoms. The Balaban J connectivity index is 1.76. The van der Waals surface area contributed by atoms with Crippen molar-refractivity contribution in [3.8, 4) is 23.0 Å². The molecule has 9 nitrogen and oxygen atoms in total. The van der Waals surface area contributed by atoms with Gasteiger partial charge >= 0.3 is 0 Å². The van der Waals surface area contributed by atoms with Crippen LogP contribution in [-0.4, -0.2) is 58.3 Å². The summed E-state index contributed by atoms with van der Waals surface area (Å²) in [5.41, 5.74) is 3.07. The lowest BCUT2D eigenvalue weighted by molar-refractivity contribution is -0.132. The van der Waals surface area contributed by atoms with Gasteiger partial charge in [0, 0.05) is 18.3 Å². The second-order valence-corrected chi connectivity index (χ2v) is 9.42. The first-order valence-electron chi connectivity index (χ1n) is 12.4. The van der Waals surface area contributed by atoms with Crippen LogP contribution in [0.2, 0.25) is 0 Å². The van der Waals surface area contributed by atoms with E-state index in [1.165, 1.54) is 26.2 Å². The maximum Gasteiger partial charge on any atom is 0.300 e. The molecular formula is C30H30N2O7. The zero-order valence-electron chi connectivity index (χ0n) is 22.5. The number of anilines is 2. The van der Waals surface area contributed by atoms with Gasteiger partial charge in [0.05, 0.1) is 45.2 Å². The van der Waals surface area contributed by atoms with Crippen molar-refractivity contribution in [2.45, 2.75) is 13.0 Å². The second kappa shape index (κ2) is 10.2. The Bertz CT molecular complexity index is 1470. The molecule has 1 atom stereocenters. The fourth-order valence-electron chi connectivity index (χ4n) is 5.10. The van der Waals surface area contributed by atoms with Crippen LogP contribution in [0.25, 0.3) is 5.76 Å². The first-order valence-corrected chi connectivity index (χ1v) is 12.4. The summed E-state index contributed by atoms with van der Waals surface area (Å²) in [6.45, 7) is 3.14. The number of hydrogen-bond acceptors (Lipinski definition) is 8. The molecule has 3 aromatic carbocycles.